The van der Waals surface area contributed by atoms with Crippen LogP contribution in [0.15, 0.2) is 59.4 Å². The molecule has 4 aromatic rings. The van der Waals surface area contributed by atoms with Crippen LogP contribution in [0.3, 0.4) is 0 Å². The Hall–Kier alpha value is -4.12. The van der Waals surface area contributed by atoms with Crippen molar-refractivity contribution in [3.63, 3.8) is 0 Å². The van der Waals surface area contributed by atoms with Crippen LogP contribution < -0.4 is 5.32 Å². The first kappa shape index (κ1) is 26.1. The SMILES string of the molecule is CN1Cc2ccc(Cc3ncc(-c4ccc(CC(=O)Nc5cc(C6(C(F)(F)F)CC6)on5)c(F)c4)cn3)cc2C1. The van der Waals surface area contributed by atoms with Crippen molar-refractivity contribution in [3.8, 4) is 11.1 Å². The molecule has 1 N–H and O–H groups in total. The Morgan fingerprint density at radius 2 is 1.77 bits per heavy atom. The number of carbonyl (C=O) groups excluding carboxylic acids is 1. The van der Waals surface area contributed by atoms with Gasteiger partial charge in [0.1, 0.15) is 17.1 Å². The van der Waals surface area contributed by atoms with Gasteiger partial charge in [-0.3, -0.25) is 9.69 Å². The molecule has 0 bridgehead atoms. The number of amides is 1. The van der Waals surface area contributed by atoms with Gasteiger partial charge in [-0.2, -0.15) is 13.2 Å². The lowest BCUT2D eigenvalue weighted by Crippen LogP contribution is -2.28. The molecule has 7 nitrogen and oxygen atoms in total. The van der Waals surface area contributed by atoms with E-state index in [-0.39, 0.29) is 36.4 Å². The van der Waals surface area contributed by atoms with Gasteiger partial charge in [-0.25, -0.2) is 14.4 Å². The Morgan fingerprint density at radius 3 is 2.48 bits per heavy atom. The van der Waals surface area contributed by atoms with Gasteiger partial charge in [0.2, 0.25) is 5.91 Å². The van der Waals surface area contributed by atoms with Crippen molar-refractivity contribution in [1.82, 2.24) is 20.0 Å². The zero-order chi connectivity index (χ0) is 28.1. The van der Waals surface area contributed by atoms with Crippen molar-refractivity contribution in [1.29, 1.82) is 0 Å². The molecule has 1 fully saturated rings. The topological polar surface area (TPSA) is 84.2 Å². The van der Waals surface area contributed by atoms with Crippen molar-refractivity contribution in [3.05, 3.63) is 94.5 Å². The third kappa shape index (κ3) is 5.08. The van der Waals surface area contributed by atoms with Gasteiger partial charge in [0.15, 0.2) is 11.6 Å². The number of rotatable bonds is 7. The van der Waals surface area contributed by atoms with E-state index in [0.29, 0.717) is 23.4 Å². The van der Waals surface area contributed by atoms with Gasteiger partial charge in [0.05, 0.1) is 6.42 Å². The van der Waals surface area contributed by atoms with Crippen LogP contribution in [0.2, 0.25) is 0 Å². The van der Waals surface area contributed by atoms with Gasteiger partial charge in [-0.15, -0.1) is 0 Å². The Labute approximate surface area is 227 Å². The lowest BCUT2D eigenvalue weighted by Gasteiger charge is -2.14. The maximum absolute atomic E-state index is 14.9. The van der Waals surface area contributed by atoms with Crippen LogP contribution in [-0.4, -0.2) is 39.2 Å². The normalized spacial score (nSPS) is 16.1. The highest BCUT2D eigenvalue weighted by molar-refractivity contribution is 5.91. The standard InChI is InChI=1S/C29H25F4N5O2/c1-38-15-20-3-2-17(8-21(20)16-38)9-25-34-13-22(14-35-25)18-4-5-19(23(30)10-18)11-27(39)36-26-12-24(40-37-26)28(6-7-28)29(31,32)33/h2-5,8,10,12-14H,6-7,9,11,15-16H2,1H3,(H,36,37,39). The summed E-state index contributed by atoms with van der Waals surface area (Å²) >= 11 is 0. The van der Waals surface area contributed by atoms with Crippen LogP contribution in [0.5, 0.6) is 0 Å². The summed E-state index contributed by atoms with van der Waals surface area (Å²) in [6.07, 6.45) is -1.09. The predicted molar refractivity (Wildman–Crippen MR) is 138 cm³/mol. The fourth-order valence-corrected chi connectivity index (χ4v) is 5.09. The number of nitrogens with one attached hydrogen (secondary N) is 1. The second kappa shape index (κ2) is 9.81. The van der Waals surface area contributed by atoms with Gasteiger partial charge >= 0.3 is 6.18 Å². The number of anilines is 1. The Balaban J connectivity index is 1.08. The van der Waals surface area contributed by atoms with E-state index >= 15 is 0 Å². The summed E-state index contributed by atoms with van der Waals surface area (Å²) in [7, 11) is 2.09. The molecular formula is C29H25F4N5O2. The second-order valence-corrected chi connectivity index (χ2v) is 10.5. The fraction of sp³-hybridized carbons (Fsp3) is 0.310. The molecule has 1 aliphatic carbocycles. The van der Waals surface area contributed by atoms with Crippen molar-refractivity contribution in [2.45, 2.75) is 50.4 Å². The summed E-state index contributed by atoms with van der Waals surface area (Å²) in [5.74, 6) is -1.05. The van der Waals surface area contributed by atoms with E-state index in [4.69, 9.17) is 4.52 Å². The van der Waals surface area contributed by atoms with Crippen LogP contribution in [0.25, 0.3) is 11.1 Å². The molecule has 3 heterocycles. The number of benzene rings is 2. The van der Waals surface area contributed by atoms with E-state index in [1.807, 2.05) is 0 Å². The average Bonchev–Trinajstić information content (AvgIpc) is 3.47. The molecule has 1 aliphatic heterocycles. The zero-order valence-electron chi connectivity index (χ0n) is 21.6. The number of halogens is 4. The summed E-state index contributed by atoms with van der Waals surface area (Å²) in [5.41, 5.74) is 3.05. The molecule has 206 valence electrons. The largest absolute Gasteiger partial charge is 0.401 e. The zero-order valence-corrected chi connectivity index (χ0v) is 21.6. The fourth-order valence-electron chi connectivity index (χ4n) is 5.09. The molecule has 2 aliphatic rings. The van der Waals surface area contributed by atoms with E-state index < -0.39 is 23.3 Å². The molecule has 40 heavy (non-hydrogen) atoms. The summed E-state index contributed by atoms with van der Waals surface area (Å²) in [6.45, 7) is 1.88. The summed E-state index contributed by atoms with van der Waals surface area (Å²) in [4.78, 5) is 23.6. The summed E-state index contributed by atoms with van der Waals surface area (Å²) in [6, 6.07) is 11.9. The lowest BCUT2D eigenvalue weighted by atomic mass is 10.0. The molecule has 0 spiro atoms. The molecule has 0 saturated heterocycles. The minimum absolute atomic E-state index is 0.0863. The minimum atomic E-state index is -4.45. The Morgan fingerprint density at radius 1 is 1.02 bits per heavy atom. The number of carbonyl (C=O) groups is 1. The van der Waals surface area contributed by atoms with Crippen LogP contribution >= 0.6 is 0 Å². The van der Waals surface area contributed by atoms with Crippen molar-refractivity contribution in [2.75, 3.05) is 12.4 Å². The molecule has 11 heteroatoms. The first-order chi connectivity index (χ1) is 19.1. The van der Waals surface area contributed by atoms with Crippen LogP contribution in [0, 0.1) is 5.82 Å². The Bertz CT molecular complexity index is 1580. The van der Waals surface area contributed by atoms with Crippen LogP contribution in [-0.2, 0) is 36.1 Å². The molecule has 6 rings (SSSR count). The predicted octanol–water partition coefficient (Wildman–Crippen LogP) is 5.58. The summed E-state index contributed by atoms with van der Waals surface area (Å²) in [5, 5.41) is 5.91. The van der Waals surface area contributed by atoms with E-state index in [9.17, 15) is 22.4 Å². The molecule has 0 unspecified atom stereocenters. The van der Waals surface area contributed by atoms with Gasteiger partial charge in [-0.05, 0) is 53.8 Å². The number of nitrogens with zero attached hydrogens (tertiary/aromatic N) is 4. The molecule has 2 aromatic carbocycles. The highest BCUT2D eigenvalue weighted by atomic mass is 19.4. The number of aromatic nitrogens is 3. The molecule has 2 aromatic heterocycles. The molecule has 1 saturated carbocycles. The molecule has 0 radical (unpaired) electrons. The van der Waals surface area contributed by atoms with Crippen molar-refractivity contribution >= 4 is 11.7 Å². The lowest BCUT2D eigenvalue weighted by molar-refractivity contribution is -0.165. The van der Waals surface area contributed by atoms with E-state index in [1.54, 1.807) is 18.5 Å². The number of hydrogen-bond donors (Lipinski definition) is 1. The third-order valence-corrected chi connectivity index (χ3v) is 7.50. The van der Waals surface area contributed by atoms with E-state index in [1.165, 1.54) is 23.3 Å². The molecular weight excluding hydrogens is 526 g/mol. The van der Waals surface area contributed by atoms with Crippen molar-refractivity contribution < 1.29 is 26.9 Å². The number of fused-ring (bicyclic) bond motifs is 1. The first-order valence-corrected chi connectivity index (χ1v) is 12.8. The second-order valence-electron chi connectivity index (χ2n) is 10.5. The summed E-state index contributed by atoms with van der Waals surface area (Å²) < 4.78 is 59.5. The minimum Gasteiger partial charge on any atom is -0.358 e. The molecule has 0 atom stereocenters. The maximum Gasteiger partial charge on any atom is 0.401 e. The third-order valence-electron chi connectivity index (χ3n) is 7.50. The van der Waals surface area contributed by atoms with Gasteiger partial charge in [0, 0.05) is 43.5 Å². The number of alkyl halides is 3. The number of hydrogen-bond acceptors (Lipinski definition) is 6. The van der Waals surface area contributed by atoms with Crippen LogP contribution in [0.1, 0.15) is 46.7 Å². The van der Waals surface area contributed by atoms with Crippen LogP contribution in [0.4, 0.5) is 23.4 Å². The maximum atomic E-state index is 14.9. The average molecular weight is 552 g/mol. The van der Waals surface area contributed by atoms with Gasteiger partial charge < -0.3 is 9.84 Å². The highest BCUT2D eigenvalue weighted by Gasteiger charge is 2.66. The monoisotopic (exact) mass is 551 g/mol. The van der Waals surface area contributed by atoms with Gasteiger partial charge in [-0.1, -0.05) is 35.5 Å². The van der Waals surface area contributed by atoms with Gasteiger partial charge in [0.25, 0.3) is 0 Å². The first-order valence-electron chi connectivity index (χ1n) is 12.8. The van der Waals surface area contributed by atoms with E-state index in [2.05, 4.69) is 50.6 Å². The smallest absolute Gasteiger partial charge is 0.358 e. The Kier molecular flexibility index (Phi) is 6.41. The highest BCUT2D eigenvalue weighted by Crippen LogP contribution is 2.59. The van der Waals surface area contributed by atoms with E-state index in [0.717, 1.165) is 24.7 Å². The quantitative estimate of drug-likeness (QED) is 0.302. The van der Waals surface area contributed by atoms with Crippen molar-refractivity contribution in [2.24, 2.45) is 0 Å². The molecule has 1 amide bonds.